The van der Waals surface area contributed by atoms with Crippen molar-refractivity contribution in [1.82, 2.24) is 4.98 Å². The number of fused-ring (bicyclic) bond motifs is 1. The molecule has 5 nitrogen and oxygen atoms in total. The highest BCUT2D eigenvalue weighted by molar-refractivity contribution is 5.98. The average molecular weight is 400 g/mol. The van der Waals surface area contributed by atoms with Crippen LogP contribution in [0.4, 0.5) is 21.5 Å². The van der Waals surface area contributed by atoms with E-state index in [1.54, 1.807) is 30.5 Å². The van der Waals surface area contributed by atoms with Gasteiger partial charge in [0, 0.05) is 5.39 Å². The van der Waals surface area contributed by atoms with E-state index in [1.807, 2.05) is 43.3 Å². The van der Waals surface area contributed by atoms with Crippen molar-refractivity contribution in [2.24, 2.45) is 10.2 Å². The van der Waals surface area contributed by atoms with Gasteiger partial charge in [0.1, 0.15) is 22.9 Å². The molecule has 3 aromatic carbocycles. The Morgan fingerprint density at radius 3 is 2.63 bits per heavy atom. The van der Waals surface area contributed by atoms with Crippen molar-refractivity contribution < 1.29 is 9.13 Å². The molecule has 1 aromatic heterocycles. The summed E-state index contributed by atoms with van der Waals surface area (Å²) in [6.07, 6.45) is 2.38. The van der Waals surface area contributed by atoms with Crippen molar-refractivity contribution >= 4 is 27.8 Å². The fourth-order valence-corrected chi connectivity index (χ4v) is 3.16. The highest BCUT2D eigenvalue weighted by Crippen LogP contribution is 2.34. The molecule has 2 N–H and O–H groups in total. The lowest BCUT2D eigenvalue weighted by Crippen LogP contribution is -1.99. The Balaban J connectivity index is 1.60. The molecule has 6 heteroatoms. The van der Waals surface area contributed by atoms with Crippen LogP contribution < -0.4 is 10.5 Å². The van der Waals surface area contributed by atoms with Gasteiger partial charge in [-0.05, 0) is 42.1 Å². The number of nitrogens with zero attached hydrogens (tertiary/aromatic N) is 3. The van der Waals surface area contributed by atoms with Crippen molar-refractivity contribution in [3.63, 3.8) is 0 Å². The van der Waals surface area contributed by atoms with Gasteiger partial charge >= 0.3 is 0 Å². The monoisotopic (exact) mass is 400 g/mol. The summed E-state index contributed by atoms with van der Waals surface area (Å²) < 4.78 is 20.1. The smallest absolute Gasteiger partial charge is 0.136 e. The molecular weight excluding hydrogens is 379 g/mol. The van der Waals surface area contributed by atoms with E-state index in [0.29, 0.717) is 40.7 Å². The quantitative estimate of drug-likeness (QED) is 0.285. The number of benzene rings is 3. The first-order valence-electron chi connectivity index (χ1n) is 9.74. The molecule has 0 aliphatic heterocycles. The Hall–Kier alpha value is -3.80. The van der Waals surface area contributed by atoms with Gasteiger partial charge in [-0.1, -0.05) is 43.3 Å². The number of pyridine rings is 1. The Bertz CT molecular complexity index is 1210. The zero-order valence-electron chi connectivity index (χ0n) is 16.5. The maximum atomic E-state index is 14.4. The standard InChI is InChI=1S/C24H21FN4O/c1-2-14-30-22-9-5-8-19(25)23(22)20-13-11-17(15-27-20)28-29-21-12-10-16-6-3-4-7-18(16)24(21)26/h3-13,15H,2,14,26H2,1H3. The third-order valence-corrected chi connectivity index (χ3v) is 4.66. The second-order valence-electron chi connectivity index (χ2n) is 6.78. The number of hydrogen-bond acceptors (Lipinski definition) is 5. The third kappa shape index (κ3) is 3.98. The van der Waals surface area contributed by atoms with Gasteiger partial charge in [-0.15, -0.1) is 10.2 Å². The number of anilines is 1. The van der Waals surface area contributed by atoms with E-state index in [4.69, 9.17) is 10.5 Å². The molecule has 1 heterocycles. The molecule has 4 aromatic rings. The zero-order chi connectivity index (χ0) is 20.9. The maximum absolute atomic E-state index is 14.4. The van der Waals surface area contributed by atoms with E-state index in [2.05, 4.69) is 15.2 Å². The number of aromatic nitrogens is 1. The molecule has 0 saturated heterocycles. The number of azo groups is 1. The molecule has 0 radical (unpaired) electrons. The normalized spacial score (nSPS) is 11.3. The molecule has 150 valence electrons. The largest absolute Gasteiger partial charge is 0.493 e. The van der Waals surface area contributed by atoms with Crippen LogP contribution in [0.2, 0.25) is 0 Å². The first-order valence-corrected chi connectivity index (χ1v) is 9.74. The summed E-state index contributed by atoms with van der Waals surface area (Å²) in [7, 11) is 0. The number of ether oxygens (including phenoxy) is 1. The number of nitrogens with two attached hydrogens (primary N) is 1. The molecule has 0 amide bonds. The molecule has 4 rings (SSSR count). The minimum Gasteiger partial charge on any atom is -0.493 e. The molecule has 0 atom stereocenters. The van der Waals surface area contributed by atoms with Crippen LogP contribution in [0.5, 0.6) is 5.75 Å². The van der Waals surface area contributed by atoms with Crippen molar-refractivity contribution in [3.8, 4) is 17.0 Å². The molecule has 30 heavy (non-hydrogen) atoms. The predicted octanol–water partition coefficient (Wildman–Crippen LogP) is 6.83. The number of nitrogen functional groups attached to an aromatic ring is 1. The minimum absolute atomic E-state index is 0.341. The van der Waals surface area contributed by atoms with Gasteiger partial charge in [-0.2, -0.15) is 0 Å². The Morgan fingerprint density at radius 2 is 1.83 bits per heavy atom. The van der Waals surface area contributed by atoms with Crippen LogP contribution in [-0.2, 0) is 0 Å². The summed E-state index contributed by atoms with van der Waals surface area (Å²) in [5.41, 5.74) is 8.75. The number of rotatable bonds is 6. The highest BCUT2D eigenvalue weighted by Gasteiger charge is 2.13. The van der Waals surface area contributed by atoms with Gasteiger partial charge in [-0.3, -0.25) is 4.98 Å². The van der Waals surface area contributed by atoms with E-state index in [-0.39, 0.29) is 5.82 Å². The van der Waals surface area contributed by atoms with Crippen LogP contribution >= 0.6 is 0 Å². The lowest BCUT2D eigenvalue weighted by Gasteiger charge is -2.11. The zero-order valence-corrected chi connectivity index (χ0v) is 16.5. The molecule has 0 unspecified atom stereocenters. The first-order chi connectivity index (χ1) is 14.7. The van der Waals surface area contributed by atoms with Crippen LogP contribution in [0.15, 0.2) is 83.2 Å². The lowest BCUT2D eigenvalue weighted by molar-refractivity contribution is 0.317. The Labute approximate surface area is 174 Å². The van der Waals surface area contributed by atoms with Crippen LogP contribution in [0.25, 0.3) is 22.0 Å². The fraction of sp³-hybridized carbons (Fsp3) is 0.125. The van der Waals surface area contributed by atoms with Crippen LogP contribution in [0.3, 0.4) is 0 Å². The van der Waals surface area contributed by atoms with E-state index in [0.717, 1.165) is 17.2 Å². The van der Waals surface area contributed by atoms with E-state index >= 15 is 0 Å². The highest BCUT2D eigenvalue weighted by atomic mass is 19.1. The van der Waals surface area contributed by atoms with Crippen LogP contribution in [0, 0.1) is 5.82 Å². The van der Waals surface area contributed by atoms with Crippen LogP contribution in [-0.4, -0.2) is 11.6 Å². The summed E-state index contributed by atoms with van der Waals surface area (Å²) >= 11 is 0. The molecule has 0 aliphatic rings. The third-order valence-electron chi connectivity index (χ3n) is 4.66. The summed E-state index contributed by atoms with van der Waals surface area (Å²) in [6.45, 7) is 2.51. The van der Waals surface area contributed by atoms with E-state index < -0.39 is 0 Å². The number of hydrogen-bond donors (Lipinski definition) is 1. The molecular formula is C24H21FN4O. The first kappa shape index (κ1) is 19.5. The van der Waals surface area contributed by atoms with Gasteiger partial charge in [0.2, 0.25) is 0 Å². The molecule has 0 bridgehead atoms. The Morgan fingerprint density at radius 1 is 0.967 bits per heavy atom. The fourth-order valence-electron chi connectivity index (χ4n) is 3.16. The minimum atomic E-state index is -0.380. The van der Waals surface area contributed by atoms with Crippen molar-refractivity contribution in [1.29, 1.82) is 0 Å². The number of halogens is 1. The van der Waals surface area contributed by atoms with Gasteiger partial charge in [0.15, 0.2) is 0 Å². The second kappa shape index (κ2) is 8.69. The van der Waals surface area contributed by atoms with Gasteiger partial charge < -0.3 is 10.5 Å². The van der Waals surface area contributed by atoms with Gasteiger partial charge in [-0.25, -0.2) is 4.39 Å². The summed E-state index contributed by atoms with van der Waals surface area (Å²) in [5, 5.41) is 10.5. The summed E-state index contributed by atoms with van der Waals surface area (Å²) in [5.74, 6) is 0.0945. The van der Waals surface area contributed by atoms with Crippen molar-refractivity contribution in [3.05, 3.63) is 78.7 Å². The SMILES string of the molecule is CCCOc1cccc(F)c1-c1ccc(N=Nc2ccc3ccccc3c2N)cn1. The van der Waals surface area contributed by atoms with Crippen LogP contribution in [0.1, 0.15) is 13.3 Å². The van der Waals surface area contributed by atoms with Gasteiger partial charge in [0.05, 0.1) is 29.7 Å². The van der Waals surface area contributed by atoms with Crippen molar-refractivity contribution in [2.45, 2.75) is 13.3 Å². The summed E-state index contributed by atoms with van der Waals surface area (Å²) in [4.78, 5) is 4.36. The topological polar surface area (TPSA) is 72.9 Å². The Kier molecular flexibility index (Phi) is 5.66. The molecule has 0 saturated carbocycles. The van der Waals surface area contributed by atoms with Gasteiger partial charge in [0.25, 0.3) is 0 Å². The van der Waals surface area contributed by atoms with E-state index in [9.17, 15) is 4.39 Å². The maximum Gasteiger partial charge on any atom is 0.136 e. The molecule has 0 fully saturated rings. The van der Waals surface area contributed by atoms with E-state index in [1.165, 1.54) is 6.07 Å². The second-order valence-corrected chi connectivity index (χ2v) is 6.78. The molecule has 0 spiro atoms. The average Bonchev–Trinajstić information content (AvgIpc) is 2.78. The van der Waals surface area contributed by atoms with Crippen molar-refractivity contribution in [2.75, 3.05) is 12.3 Å². The lowest BCUT2D eigenvalue weighted by atomic mass is 10.1. The summed E-state index contributed by atoms with van der Waals surface area (Å²) in [6, 6.07) is 19.8. The molecule has 0 aliphatic carbocycles. The predicted molar refractivity (Wildman–Crippen MR) is 118 cm³/mol.